The Morgan fingerprint density at radius 1 is 1.04 bits per heavy atom. The molecule has 1 aliphatic carbocycles. The first-order chi connectivity index (χ1) is 13.3. The van der Waals surface area contributed by atoms with Crippen LogP contribution in [0.15, 0.2) is 53.6 Å². The smallest absolute Gasteiger partial charge is 0.267 e. The summed E-state index contributed by atoms with van der Waals surface area (Å²) in [4.78, 5) is 12.3. The highest BCUT2D eigenvalue weighted by molar-refractivity contribution is 7.92. The van der Waals surface area contributed by atoms with E-state index in [0.717, 1.165) is 42.5 Å². The Hall–Kier alpha value is -2.67. The maximum Gasteiger partial charge on any atom is 0.271 e. The molecule has 0 bridgehead atoms. The lowest BCUT2D eigenvalue weighted by molar-refractivity contribution is 0.0954. The van der Waals surface area contributed by atoms with Gasteiger partial charge in [-0.15, -0.1) is 0 Å². The molecular formula is C21H25N3O3S. The third-order valence-corrected chi connectivity index (χ3v) is 5.90. The van der Waals surface area contributed by atoms with Crippen molar-refractivity contribution < 1.29 is 13.2 Å². The third kappa shape index (κ3) is 5.19. The molecule has 0 radical (unpaired) electrons. The zero-order valence-electron chi connectivity index (χ0n) is 16.2. The minimum atomic E-state index is -3.47. The van der Waals surface area contributed by atoms with Crippen molar-refractivity contribution in [1.29, 1.82) is 0 Å². The second kappa shape index (κ2) is 8.56. The number of amides is 1. The molecule has 0 unspecified atom stereocenters. The Labute approximate surface area is 166 Å². The molecule has 0 aliphatic heterocycles. The number of nitrogens with one attached hydrogen (secondary N) is 1. The Morgan fingerprint density at radius 2 is 1.64 bits per heavy atom. The molecule has 0 atom stereocenters. The highest BCUT2D eigenvalue weighted by atomic mass is 32.2. The van der Waals surface area contributed by atoms with Gasteiger partial charge in [0.1, 0.15) is 0 Å². The number of hydrazone groups is 1. The van der Waals surface area contributed by atoms with Crippen molar-refractivity contribution in [1.82, 2.24) is 5.43 Å². The molecule has 2 aromatic rings. The number of aryl methyl sites for hydroxylation is 1. The van der Waals surface area contributed by atoms with Gasteiger partial charge >= 0.3 is 0 Å². The molecule has 1 amide bonds. The van der Waals surface area contributed by atoms with Crippen LogP contribution in [0.2, 0.25) is 0 Å². The molecule has 1 N–H and O–H groups in total. The van der Waals surface area contributed by atoms with E-state index in [9.17, 15) is 13.2 Å². The Balaban J connectivity index is 1.75. The molecule has 7 heteroatoms. The Kier molecular flexibility index (Phi) is 6.14. The lowest BCUT2D eigenvalue weighted by atomic mass is 10.1. The molecule has 1 aliphatic rings. The van der Waals surface area contributed by atoms with E-state index in [1.54, 1.807) is 24.3 Å². The maximum atomic E-state index is 12.3. The fraction of sp³-hybridized carbons (Fsp3) is 0.333. The molecule has 0 spiro atoms. The van der Waals surface area contributed by atoms with Crippen LogP contribution >= 0.6 is 0 Å². The van der Waals surface area contributed by atoms with Gasteiger partial charge in [0.25, 0.3) is 5.91 Å². The van der Waals surface area contributed by atoms with E-state index in [4.69, 9.17) is 0 Å². The molecule has 2 aromatic carbocycles. The van der Waals surface area contributed by atoms with E-state index >= 15 is 0 Å². The number of hydrogen-bond donors (Lipinski definition) is 1. The SMILES string of the molecule is Cc1ccc(CN(c2ccc(C(=O)NN=C3CCCC3)cc2)S(C)(=O)=O)cc1. The zero-order valence-corrected chi connectivity index (χ0v) is 17.0. The molecule has 0 aromatic heterocycles. The highest BCUT2D eigenvalue weighted by Gasteiger charge is 2.18. The van der Waals surface area contributed by atoms with Gasteiger partial charge in [0.2, 0.25) is 10.0 Å². The fourth-order valence-corrected chi connectivity index (χ4v) is 4.02. The first kappa shape index (κ1) is 20.1. The van der Waals surface area contributed by atoms with Crippen molar-refractivity contribution in [3.05, 3.63) is 65.2 Å². The summed E-state index contributed by atoms with van der Waals surface area (Å²) >= 11 is 0. The first-order valence-electron chi connectivity index (χ1n) is 9.32. The van der Waals surface area contributed by atoms with Crippen molar-refractivity contribution in [3.63, 3.8) is 0 Å². The Morgan fingerprint density at radius 3 is 2.21 bits per heavy atom. The van der Waals surface area contributed by atoms with Gasteiger partial charge in [0.05, 0.1) is 18.5 Å². The number of anilines is 1. The van der Waals surface area contributed by atoms with Crippen LogP contribution in [0.1, 0.15) is 47.2 Å². The minimum Gasteiger partial charge on any atom is -0.267 e. The molecule has 28 heavy (non-hydrogen) atoms. The molecule has 0 heterocycles. The largest absolute Gasteiger partial charge is 0.271 e. The van der Waals surface area contributed by atoms with Gasteiger partial charge in [-0.2, -0.15) is 5.10 Å². The third-order valence-electron chi connectivity index (χ3n) is 4.76. The van der Waals surface area contributed by atoms with Gasteiger partial charge in [-0.3, -0.25) is 9.10 Å². The van der Waals surface area contributed by atoms with Crippen LogP contribution < -0.4 is 9.73 Å². The first-order valence-corrected chi connectivity index (χ1v) is 11.2. The van der Waals surface area contributed by atoms with Gasteiger partial charge in [-0.25, -0.2) is 13.8 Å². The summed E-state index contributed by atoms with van der Waals surface area (Å²) in [7, 11) is -3.47. The lowest BCUT2D eigenvalue weighted by Gasteiger charge is -2.22. The van der Waals surface area contributed by atoms with Crippen LogP contribution in [0, 0.1) is 6.92 Å². The van der Waals surface area contributed by atoms with Gasteiger partial charge in [-0.1, -0.05) is 29.8 Å². The summed E-state index contributed by atoms with van der Waals surface area (Å²) in [6.07, 6.45) is 5.28. The molecule has 148 valence electrons. The predicted octanol–water partition coefficient (Wildman–Crippen LogP) is 3.62. The number of nitrogens with zero attached hydrogens (tertiary/aromatic N) is 2. The average Bonchev–Trinajstić information content (AvgIpc) is 3.18. The predicted molar refractivity (Wildman–Crippen MR) is 112 cm³/mol. The van der Waals surface area contributed by atoms with Crippen molar-refractivity contribution in [3.8, 4) is 0 Å². The van der Waals surface area contributed by atoms with E-state index in [0.29, 0.717) is 11.3 Å². The van der Waals surface area contributed by atoms with Gasteiger partial charge in [-0.05, 0) is 62.4 Å². The summed E-state index contributed by atoms with van der Waals surface area (Å²) in [5.74, 6) is -0.296. The van der Waals surface area contributed by atoms with Gasteiger partial charge in [0, 0.05) is 11.3 Å². The number of carbonyl (C=O) groups excluding carboxylic acids is 1. The van der Waals surface area contributed by atoms with Crippen LogP contribution in [0.4, 0.5) is 5.69 Å². The van der Waals surface area contributed by atoms with Crippen molar-refractivity contribution in [2.24, 2.45) is 5.10 Å². The number of carbonyl (C=O) groups is 1. The van der Waals surface area contributed by atoms with E-state index in [2.05, 4.69) is 10.5 Å². The average molecular weight is 400 g/mol. The van der Waals surface area contributed by atoms with E-state index in [1.807, 2.05) is 31.2 Å². The van der Waals surface area contributed by atoms with Crippen molar-refractivity contribution >= 4 is 27.3 Å². The monoisotopic (exact) mass is 399 g/mol. The molecule has 0 saturated heterocycles. The van der Waals surface area contributed by atoms with Crippen molar-refractivity contribution in [2.75, 3.05) is 10.6 Å². The normalized spacial score (nSPS) is 14.0. The summed E-state index contributed by atoms with van der Waals surface area (Å²) in [6, 6.07) is 14.3. The molecule has 1 saturated carbocycles. The molecule has 3 rings (SSSR count). The van der Waals surface area contributed by atoms with Gasteiger partial charge in [0.15, 0.2) is 0 Å². The summed E-state index contributed by atoms with van der Waals surface area (Å²) in [5, 5.41) is 4.17. The number of sulfonamides is 1. The second-order valence-electron chi connectivity index (χ2n) is 7.13. The summed E-state index contributed by atoms with van der Waals surface area (Å²) in [6.45, 7) is 2.22. The minimum absolute atomic E-state index is 0.234. The van der Waals surface area contributed by atoms with Crippen molar-refractivity contribution in [2.45, 2.75) is 39.2 Å². The standard InChI is InChI=1S/C21H25N3O3S/c1-16-7-9-17(10-8-16)15-24(28(2,26)27)20-13-11-18(12-14-20)21(25)23-22-19-5-3-4-6-19/h7-14H,3-6,15H2,1-2H3,(H,23,25). The van der Waals surface area contributed by atoms with E-state index in [-0.39, 0.29) is 12.5 Å². The number of rotatable bonds is 6. The van der Waals surface area contributed by atoms with Crippen LogP contribution in [-0.2, 0) is 16.6 Å². The Bertz CT molecular complexity index is 957. The molecule has 6 nitrogen and oxygen atoms in total. The number of benzene rings is 2. The lowest BCUT2D eigenvalue weighted by Crippen LogP contribution is -2.29. The second-order valence-corrected chi connectivity index (χ2v) is 9.03. The zero-order chi connectivity index (χ0) is 20.1. The van der Waals surface area contributed by atoms with Crippen LogP contribution in [0.3, 0.4) is 0 Å². The molecular weight excluding hydrogens is 374 g/mol. The van der Waals surface area contributed by atoms with E-state index < -0.39 is 10.0 Å². The highest BCUT2D eigenvalue weighted by Crippen LogP contribution is 2.21. The van der Waals surface area contributed by atoms with Gasteiger partial charge < -0.3 is 0 Å². The summed E-state index contributed by atoms with van der Waals surface area (Å²) < 4.78 is 25.9. The van der Waals surface area contributed by atoms with Crippen LogP contribution in [0.5, 0.6) is 0 Å². The molecule has 1 fully saturated rings. The summed E-state index contributed by atoms with van der Waals surface area (Å²) in [5.41, 5.74) is 6.57. The van der Waals surface area contributed by atoms with E-state index in [1.165, 1.54) is 10.6 Å². The van der Waals surface area contributed by atoms with Crippen LogP contribution in [-0.4, -0.2) is 26.3 Å². The number of hydrogen-bond acceptors (Lipinski definition) is 4. The fourth-order valence-electron chi connectivity index (χ4n) is 3.13. The topological polar surface area (TPSA) is 78.8 Å². The quantitative estimate of drug-likeness (QED) is 0.754. The maximum absolute atomic E-state index is 12.3. The van der Waals surface area contributed by atoms with Crippen LogP contribution in [0.25, 0.3) is 0 Å².